The largest absolute Gasteiger partial charge is 0.505 e. The quantitative estimate of drug-likeness (QED) is 0.765. The van der Waals surface area contributed by atoms with Gasteiger partial charge in [0.2, 0.25) is 0 Å². The predicted octanol–water partition coefficient (Wildman–Crippen LogP) is 0.587. The third-order valence-electron chi connectivity index (χ3n) is 2.66. The lowest BCUT2D eigenvalue weighted by Crippen LogP contribution is -2.34. The first-order chi connectivity index (χ1) is 9.00. The molecule has 0 atom stereocenters. The molecule has 7 heteroatoms. The number of carbonyl (C=O) groups excluding carboxylic acids is 1. The van der Waals surface area contributed by atoms with Crippen molar-refractivity contribution in [3.63, 3.8) is 0 Å². The van der Waals surface area contributed by atoms with Crippen LogP contribution in [-0.2, 0) is 0 Å². The average Bonchev–Trinajstić information content (AvgIpc) is 2.76. The number of hydrogen-bond donors (Lipinski definition) is 3. The van der Waals surface area contributed by atoms with Crippen molar-refractivity contribution in [1.82, 2.24) is 15.2 Å². The van der Waals surface area contributed by atoms with Crippen LogP contribution in [0.4, 0.5) is 0 Å². The van der Waals surface area contributed by atoms with E-state index in [-0.39, 0.29) is 11.3 Å². The number of aromatic hydroxyl groups is 1. The van der Waals surface area contributed by atoms with Gasteiger partial charge >= 0.3 is 0 Å². The van der Waals surface area contributed by atoms with Gasteiger partial charge in [0.15, 0.2) is 5.75 Å². The molecule has 0 saturated carbocycles. The summed E-state index contributed by atoms with van der Waals surface area (Å²) in [5.41, 5.74) is -0.267. The number of rotatable bonds is 4. The summed E-state index contributed by atoms with van der Waals surface area (Å²) in [6.45, 7) is 1.07. The SMILES string of the molecule is CN(C)CCNC(=O)c1c(O)c2sccc2[nH]c1=O. The van der Waals surface area contributed by atoms with E-state index in [1.807, 2.05) is 19.0 Å². The number of likely N-dealkylation sites (N-methyl/N-ethyl adjacent to an activating group) is 1. The lowest BCUT2D eigenvalue weighted by Gasteiger charge is -2.10. The number of nitrogens with zero attached hydrogens (tertiary/aromatic N) is 1. The minimum atomic E-state index is -0.578. The Bertz CT molecular complexity index is 660. The summed E-state index contributed by atoms with van der Waals surface area (Å²) in [5.74, 6) is -0.813. The summed E-state index contributed by atoms with van der Waals surface area (Å²) < 4.78 is 0.511. The maximum atomic E-state index is 11.9. The van der Waals surface area contributed by atoms with Crippen molar-refractivity contribution in [3.05, 3.63) is 27.4 Å². The Morgan fingerprint density at radius 1 is 1.53 bits per heavy atom. The molecule has 0 bridgehead atoms. The number of pyridine rings is 1. The molecule has 2 heterocycles. The van der Waals surface area contributed by atoms with Gasteiger partial charge < -0.3 is 20.3 Å². The second-order valence-electron chi connectivity index (χ2n) is 4.40. The van der Waals surface area contributed by atoms with Gasteiger partial charge in [0.25, 0.3) is 11.5 Å². The molecule has 0 spiro atoms. The molecule has 102 valence electrons. The summed E-state index contributed by atoms with van der Waals surface area (Å²) in [4.78, 5) is 28.2. The van der Waals surface area contributed by atoms with Crippen LogP contribution in [0.15, 0.2) is 16.2 Å². The highest BCUT2D eigenvalue weighted by Gasteiger charge is 2.19. The molecule has 2 aromatic rings. The third-order valence-corrected chi connectivity index (χ3v) is 3.59. The van der Waals surface area contributed by atoms with Crippen molar-refractivity contribution >= 4 is 27.5 Å². The highest BCUT2D eigenvalue weighted by Crippen LogP contribution is 2.29. The number of H-pyrrole nitrogens is 1. The van der Waals surface area contributed by atoms with E-state index in [0.717, 1.165) is 0 Å². The molecule has 2 rings (SSSR count). The highest BCUT2D eigenvalue weighted by molar-refractivity contribution is 7.17. The van der Waals surface area contributed by atoms with Crippen LogP contribution in [0.3, 0.4) is 0 Å². The molecule has 1 amide bonds. The number of fused-ring (bicyclic) bond motifs is 1. The number of nitrogens with one attached hydrogen (secondary N) is 2. The van der Waals surface area contributed by atoms with Crippen LogP contribution >= 0.6 is 11.3 Å². The fraction of sp³-hybridized carbons (Fsp3) is 0.333. The van der Waals surface area contributed by atoms with Crippen molar-refractivity contribution in [3.8, 4) is 5.75 Å². The summed E-state index contributed by atoms with van der Waals surface area (Å²) in [5, 5.41) is 14.4. The van der Waals surface area contributed by atoms with Crippen molar-refractivity contribution < 1.29 is 9.90 Å². The Hall–Kier alpha value is -1.86. The van der Waals surface area contributed by atoms with E-state index in [4.69, 9.17) is 0 Å². The molecule has 0 aromatic carbocycles. The van der Waals surface area contributed by atoms with Gasteiger partial charge in [-0.1, -0.05) is 0 Å². The van der Waals surface area contributed by atoms with Crippen molar-refractivity contribution in [2.24, 2.45) is 0 Å². The Morgan fingerprint density at radius 3 is 2.95 bits per heavy atom. The van der Waals surface area contributed by atoms with Crippen molar-refractivity contribution in [1.29, 1.82) is 0 Å². The molecule has 0 aliphatic carbocycles. The smallest absolute Gasteiger partial charge is 0.265 e. The van der Waals surface area contributed by atoms with Gasteiger partial charge in [-0.15, -0.1) is 11.3 Å². The minimum absolute atomic E-state index is 0.228. The monoisotopic (exact) mass is 281 g/mol. The fourth-order valence-electron chi connectivity index (χ4n) is 1.69. The fourth-order valence-corrected chi connectivity index (χ4v) is 2.49. The zero-order chi connectivity index (χ0) is 14.0. The molecule has 0 aliphatic heterocycles. The number of carbonyl (C=O) groups is 1. The standard InChI is InChI=1S/C12H15N3O3S/c1-15(2)5-4-13-11(17)8-9(16)10-7(3-6-19-10)14-12(8)18/h3,6H,4-5H2,1-2H3,(H,13,17)(H2,14,16,18). The van der Waals surface area contributed by atoms with Crippen LogP contribution in [-0.4, -0.2) is 48.1 Å². The zero-order valence-corrected chi connectivity index (χ0v) is 11.5. The summed E-state index contributed by atoms with van der Waals surface area (Å²) in [6, 6.07) is 1.69. The molecule has 0 aliphatic rings. The van der Waals surface area contributed by atoms with Crippen molar-refractivity contribution in [2.45, 2.75) is 0 Å². The van der Waals surface area contributed by atoms with E-state index in [1.165, 1.54) is 11.3 Å². The predicted molar refractivity (Wildman–Crippen MR) is 75.0 cm³/mol. The van der Waals surface area contributed by atoms with Crippen LogP contribution in [0.25, 0.3) is 10.2 Å². The van der Waals surface area contributed by atoms with Gasteiger partial charge in [0.05, 0.1) is 10.2 Å². The van der Waals surface area contributed by atoms with Crippen LogP contribution < -0.4 is 10.9 Å². The van der Waals surface area contributed by atoms with E-state index < -0.39 is 11.5 Å². The molecule has 3 N–H and O–H groups in total. The average molecular weight is 281 g/mol. The van der Waals surface area contributed by atoms with E-state index in [1.54, 1.807) is 11.4 Å². The van der Waals surface area contributed by atoms with Crippen LogP contribution in [0.5, 0.6) is 5.75 Å². The normalized spacial score (nSPS) is 11.1. The van der Waals surface area contributed by atoms with Crippen molar-refractivity contribution in [2.75, 3.05) is 27.2 Å². The third kappa shape index (κ3) is 2.77. The Labute approximate surface area is 113 Å². The van der Waals surface area contributed by atoms with E-state index >= 15 is 0 Å². The molecule has 0 saturated heterocycles. The van der Waals surface area contributed by atoms with Gasteiger partial charge in [-0.25, -0.2) is 0 Å². The first-order valence-electron chi connectivity index (χ1n) is 5.76. The number of hydrogen-bond acceptors (Lipinski definition) is 5. The Kier molecular flexibility index (Phi) is 3.87. The van der Waals surface area contributed by atoms with Gasteiger partial charge in [-0.05, 0) is 25.5 Å². The number of amides is 1. The topological polar surface area (TPSA) is 85.4 Å². The molecular formula is C12H15N3O3S. The van der Waals surface area contributed by atoms with E-state index in [9.17, 15) is 14.7 Å². The molecular weight excluding hydrogens is 266 g/mol. The Balaban J connectivity index is 2.28. The van der Waals surface area contributed by atoms with Gasteiger partial charge in [0.1, 0.15) is 5.56 Å². The molecule has 0 unspecified atom stereocenters. The molecule has 19 heavy (non-hydrogen) atoms. The summed E-state index contributed by atoms with van der Waals surface area (Å²) in [6.07, 6.45) is 0. The van der Waals surface area contributed by atoms with Gasteiger partial charge in [-0.2, -0.15) is 0 Å². The first-order valence-corrected chi connectivity index (χ1v) is 6.64. The van der Waals surface area contributed by atoms with Gasteiger partial charge in [0, 0.05) is 13.1 Å². The minimum Gasteiger partial charge on any atom is -0.505 e. The van der Waals surface area contributed by atoms with Crippen LogP contribution in [0.1, 0.15) is 10.4 Å². The summed E-state index contributed by atoms with van der Waals surface area (Å²) in [7, 11) is 3.77. The molecule has 6 nitrogen and oxygen atoms in total. The number of aromatic amines is 1. The maximum Gasteiger partial charge on any atom is 0.265 e. The number of thiophene rings is 1. The van der Waals surface area contributed by atoms with E-state index in [0.29, 0.717) is 23.3 Å². The molecule has 0 fully saturated rings. The van der Waals surface area contributed by atoms with Crippen LogP contribution in [0, 0.1) is 0 Å². The maximum absolute atomic E-state index is 11.9. The highest BCUT2D eigenvalue weighted by atomic mass is 32.1. The molecule has 2 aromatic heterocycles. The second kappa shape index (κ2) is 5.41. The van der Waals surface area contributed by atoms with Crippen LogP contribution in [0.2, 0.25) is 0 Å². The lowest BCUT2D eigenvalue weighted by molar-refractivity contribution is 0.0947. The lowest BCUT2D eigenvalue weighted by atomic mass is 10.2. The zero-order valence-electron chi connectivity index (χ0n) is 10.7. The second-order valence-corrected chi connectivity index (χ2v) is 5.32. The first kappa shape index (κ1) is 13.6. The van der Waals surface area contributed by atoms with Gasteiger partial charge in [-0.3, -0.25) is 9.59 Å². The van der Waals surface area contributed by atoms with E-state index in [2.05, 4.69) is 10.3 Å². The molecule has 0 radical (unpaired) electrons. The summed E-state index contributed by atoms with van der Waals surface area (Å²) >= 11 is 1.27. The number of aromatic nitrogens is 1. The Morgan fingerprint density at radius 2 is 2.26 bits per heavy atom.